The number of hydrogen-bond donors (Lipinski definition) is 2. The van der Waals surface area contributed by atoms with Crippen LogP contribution < -0.4 is 14.8 Å². The zero-order valence-corrected chi connectivity index (χ0v) is 16.5. The topological polar surface area (TPSA) is 128 Å². The van der Waals surface area contributed by atoms with E-state index in [1.165, 1.54) is 55.6 Å². The average Bonchev–Trinajstić information content (AvgIpc) is 2.74. The molecular weight excluding hydrogens is 410 g/mol. The Labute approximate surface area is 172 Å². The molecule has 0 saturated carbocycles. The minimum Gasteiger partial charge on any atom is -0.497 e. The number of non-ortho nitro benzene ring substituents is 1. The third-order valence-corrected chi connectivity index (χ3v) is 5.48. The molecule has 0 aromatic heterocycles. The quantitative estimate of drug-likeness (QED) is 0.437. The van der Waals surface area contributed by atoms with Gasteiger partial charge < -0.3 is 10.1 Å². The lowest BCUT2D eigenvalue weighted by Gasteiger charge is -2.10. The number of nitrogens with one attached hydrogen (secondary N) is 2. The summed E-state index contributed by atoms with van der Waals surface area (Å²) < 4.78 is 32.6. The van der Waals surface area contributed by atoms with Crippen molar-refractivity contribution in [1.29, 1.82) is 0 Å². The van der Waals surface area contributed by atoms with Gasteiger partial charge in [0, 0.05) is 29.4 Å². The first kappa shape index (κ1) is 20.8. The van der Waals surface area contributed by atoms with Crippen LogP contribution in [0.15, 0.2) is 77.7 Å². The van der Waals surface area contributed by atoms with Crippen molar-refractivity contribution in [3.63, 3.8) is 0 Å². The lowest BCUT2D eigenvalue weighted by Crippen LogP contribution is -2.14. The molecule has 0 fully saturated rings. The number of nitro groups is 1. The number of methoxy groups -OCH3 is 1. The van der Waals surface area contributed by atoms with Gasteiger partial charge in [-0.15, -0.1) is 0 Å². The van der Waals surface area contributed by atoms with E-state index < -0.39 is 20.9 Å². The molecule has 154 valence electrons. The molecule has 0 bridgehead atoms. The highest BCUT2D eigenvalue weighted by molar-refractivity contribution is 7.92. The minimum atomic E-state index is -3.83. The van der Waals surface area contributed by atoms with Crippen molar-refractivity contribution in [2.24, 2.45) is 0 Å². The van der Waals surface area contributed by atoms with Gasteiger partial charge >= 0.3 is 0 Å². The van der Waals surface area contributed by atoms with Gasteiger partial charge in [-0.25, -0.2) is 8.42 Å². The molecule has 0 radical (unpaired) electrons. The minimum absolute atomic E-state index is 0.0126. The van der Waals surface area contributed by atoms with Crippen LogP contribution in [0.2, 0.25) is 0 Å². The van der Waals surface area contributed by atoms with Crippen molar-refractivity contribution >= 4 is 33.0 Å². The second kappa shape index (κ2) is 8.62. The molecular formula is C20H17N3O6S. The molecule has 0 aliphatic rings. The summed E-state index contributed by atoms with van der Waals surface area (Å²) >= 11 is 0. The van der Waals surface area contributed by atoms with Crippen molar-refractivity contribution in [2.75, 3.05) is 17.1 Å². The smallest absolute Gasteiger partial charge is 0.269 e. The van der Waals surface area contributed by atoms with Gasteiger partial charge in [0.15, 0.2) is 0 Å². The van der Waals surface area contributed by atoms with Crippen LogP contribution in [-0.4, -0.2) is 26.4 Å². The van der Waals surface area contributed by atoms with Crippen LogP contribution in [0.25, 0.3) is 0 Å². The zero-order chi connectivity index (χ0) is 21.7. The van der Waals surface area contributed by atoms with Crippen molar-refractivity contribution < 1.29 is 22.9 Å². The Hall–Kier alpha value is -3.92. The maximum Gasteiger partial charge on any atom is 0.269 e. The number of amides is 1. The molecule has 0 saturated heterocycles. The van der Waals surface area contributed by atoms with Crippen LogP contribution in [0.5, 0.6) is 5.75 Å². The molecule has 30 heavy (non-hydrogen) atoms. The Morgan fingerprint density at radius 3 is 2.23 bits per heavy atom. The molecule has 1 amide bonds. The second-order valence-corrected chi connectivity index (χ2v) is 7.80. The van der Waals surface area contributed by atoms with E-state index in [-0.39, 0.29) is 16.1 Å². The number of carbonyl (C=O) groups excluding carboxylic acids is 1. The summed E-state index contributed by atoms with van der Waals surface area (Å²) in [5, 5.41) is 13.3. The van der Waals surface area contributed by atoms with Gasteiger partial charge in [0.2, 0.25) is 0 Å². The molecule has 3 aromatic carbocycles. The molecule has 2 N–H and O–H groups in total. The highest BCUT2D eigenvalue weighted by Crippen LogP contribution is 2.22. The van der Waals surface area contributed by atoms with Crippen molar-refractivity contribution in [2.45, 2.75) is 4.90 Å². The Kier molecular flexibility index (Phi) is 5.98. The first-order chi connectivity index (χ1) is 14.3. The van der Waals surface area contributed by atoms with Crippen molar-refractivity contribution in [3.05, 3.63) is 88.5 Å². The second-order valence-electron chi connectivity index (χ2n) is 6.12. The van der Waals surface area contributed by atoms with Gasteiger partial charge in [-0.2, -0.15) is 0 Å². The summed E-state index contributed by atoms with van der Waals surface area (Å²) in [5.41, 5.74) is 0.838. The SMILES string of the molecule is COc1cccc(NS(=O)(=O)c2ccc(NC(=O)c3ccc([N+](=O)[O-])cc3)cc2)c1. The van der Waals surface area contributed by atoms with Crippen molar-refractivity contribution in [1.82, 2.24) is 0 Å². The van der Waals surface area contributed by atoms with Gasteiger partial charge in [-0.05, 0) is 48.5 Å². The van der Waals surface area contributed by atoms with Crippen LogP contribution in [0, 0.1) is 10.1 Å². The Bertz CT molecular complexity index is 1180. The van der Waals surface area contributed by atoms with Crippen LogP contribution in [0.1, 0.15) is 10.4 Å². The standard InChI is InChI=1S/C20H17N3O6S/c1-29-18-4-2-3-16(13-18)22-30(27,28)19-11-7-15(8-12-19)21-20(24)14-5-9-17(10-6-14)23(25)26/h2-13,22H,1H3,(H,21,24). The number of carbonyl (C=O) groups is 1. The normalized spacial score (nSPS) is 10.8. The van der Waals surface area contributed by atoms with Crippen LogP contribution >= 0.6 is 0 Å². The summed E-state index contributed by atoms with van der Waals surface area (Å²) in [6.45, 7) is 0. The maximum absolute atomic E-state index is 12.5. The van der Waals surface area contributed by atoms with Crippen molar-refractivity contribution in [3.8, 4) is 5.75 Å². The first-order valence-corrected chi connectivity index (χ1v) is 10.1. The molecule has 0 heterocycles. The highest BCUT2D eigenvalue weighted by Gasteiger charge is 2.15. The van der Waals surface area contributed by atoms with E-state index in [2.05, 4.69) is 10.0 Å². The molecule has 0 aliphatic carbocycles. The number of anilines is 2. The van der Waals surface area contributed by atoms with Gasteiger partial charge in [0.25, 0.3) is 21.6 Å². The van der Waals surface area contributed by atoms with Crippen LogP contribution in [0.4, 0.5) is 17.1 Å². The van der Waals surface area contributed by atoms with Gasteiger partial charge in [0.1, 0.15) is 5.75 Å². The Morgan fingerprint density at radius 1 is 0.967 bits per heavy atom. The molecule has 10 heteroatoms. The molecule has 9 nitrogen and oxygen atoms in total. The molecule has 0 unspecified atom stereocenters. The average molecular weight is 427 g/mol. The predicted octanol–water partition coefficient (Wildman–Crippen LogP) is 3.66. The van der Waals surface area contributed by atoms with Gasteiger partial charge in [-0.1, -0.05) is 6.07 Å². The molecule has 0 atom stereocenters. The monoisotopic (exact) mass is 427 g/mol. The van der Waals surface area contributed by atoms with Crippen LogP contribution in [-0.2, 0) is 10.0 Å². The zero-order valence-electron chi connectivity index (χ0n) is 15.7. The van der Waals surface area contributed by atoms with Gasteiger partial charge in [0.05, 0.1) is 22.6 Å². The Balaban J connectivity index is 1.70. The van der Waals surface area contributed by atoms with E-state index in [9.17, 15) is 23.3 Å². The van der Waals surface area contributed by atoms with E-state index in [4.69, 9.17) is 4.74 Å². The number of rotatable bonds is 7. The van der Waals surface area contributed by atoms with Gasteiger partial charge in [-0.3, -0.25) is 19.6 Å². The largest absolute Gasteiger partial charge is 0.497 e. The van der Waals surface area contributed by atoms with E-state index in [1.807, 2.05) is 0 Å². The fraction of sp³-hybridized carbons (Fsp3) is 0.0500. The third kappa shape index (κ3) is 4.92. The number of nitrogens with zero attached hydrogens (tertiary/aromatic N) is 1. The fourth-order valence-electron chi connectivity index (χ4n) is 2.56. The lowest BCUT2D eigenvalue weighted by atomic mass is 10.2. The molecule has 3 rings (SSSR count). The van der Waals surface area contributed by atoms with E-state index in [0.29, 0.717) is 17.1 Å². The van der Waals surface area contributed by atoms with Crippen LogP contribution in [0.3, 0.4) is 0 Å². The number of nitro benzene ring substituents is 1. The molecule has 0 spiro atoms. The van der Waals surface area contributed by atoms with E-state index in [1.54, 1.807) is 24.3 Å². The third-order valence-electron chi connectivity index (χ3n) is 4.08. The highest BCUT2D eigenvalue weighted by atomic mass is 32.2. The van der Waals surface area contributed by atoms with E-state index >= 15 is 0 Å². The molecule has 3 aromatic rings. The number of ether oxygens (including phenoxy) is 1. The summed E-state index contributed by atoms with van der Waals surface area (Å²) in [6.07, 6.45) is 0. The first-order valence-electron chi connectivity index (χ1n) is 8.61. The fourth-order valence-corrected chi connectivity index (χ4v) is 3.61. The lowest BCUT2D eigenvalue weighted by molar-refractivity contribution is -0.384. The summed E-state index contributed by atoms with van der Waals surface area (Å²) in [7, 11) is -2.35. The summed E-state index contributed by atoms with van der Waals surface area (Å²) in [5.74, 6) is 0.0366. The maximum atomic E-state index is 12.5. The molecule has 0 aliphatic heterocycles. The predicted molar refractivity (Wildman–Crippen MR) is 111 cm³/mol. The number of sulfonamides is 1. The summed E-state index contributed by atoms with van der Waals surface area (Å²) in [4.78, 5) is 22.4. The number of hydrogen-bond acceptors (Lipinski definition) is 6. The Morgan fingerprint density at radius 2 is 1.63 bits per heavy atom. The number of benzene rings is 3. The summed E-state index contributed by atoms with van der Waals surface area (Å²) in [6, 6.07) is 17.2. The van der Waals surface area contributed by atoms with E-state index in [0.717, 1.165) is 0 Å².